The Morgan fingerprint density at radius 3 is 2.30 bits per heavy atom. The third kappa shape index (κ3) is 3.67. The van der Waals surface area contributed by atoms with Crippen LogP contribution in [-0.4, -0.2) is 17.2 Å². The van der Waals surface area contributed by atoms with E-state index in [4.69, 9.17) is 0 Å². The molecule has 0 fully saturated rings. The van der Waals surface area contributed by atoms with Gasteiger partial charge in [-0.3, -0.25) is 4.79 Å². The molecular weight excluding hydrogens is 148 g/mol. The predicted octanol–water partition coefficient (Wildman–Crippen LogP) is 1.49. The monoisotopic (exact) mass is 160 g/mol. The summed E-state index contributed by atoms with van der Waals surface area (Å²) in [5.74, 6) is -0.0394. The smallest absolute Gasteiger partial charge is 0.191 e. The standard InChI is InChI=1S/C7H12O2S/c1-5(4-6(2)8)7(9)10-3/h5H,4H2,1-3H3. The van der Waals surface area contributed by atoms with E-state index >= 15 is 0 Å². The lowest BCUT2D eigenvalue weighted by Crippen LogP contribution is -2.09. The second kappa shape index (κ2) is 4.50. The van der Waals surface area contributed by atoms with Gasteiger partial charge in [-0.15, -0.1) is 0 Å². The first-order valence-corrected chi connectivity index (χ1v) is 4.37. The van der Waals surface area contributed by atoms with E-state index in [1.807, 2.05) is 0 Å². The van der Waals surface area contributed by atoms with Crippen LogP contribution in [0.15, 0.2) is 0 Å². The van der Waals surface area contributed by atoms with Gasteiger partial charge in [0.1, 0.15) is 5.78 Å². The first-order chi connectivity index (χ1) is 4.57. The van der Waals surface area contributed by atoms with Crippen molar-refractivity contribution in [2.24, 2.45) is 5.92 Å². The second-order valence-electron chi connectivity index (χ2n) is 2.33. The number of Topliss-reactive ketones (excluding diaryl/α,β-unsaturated/α-hetero) is 1. The number of rotatable bonds is 3. The fraction of sp³-hybridized carbons (Fsp3) is 0.714. The van der Waals surface area contributed by atoms with Gasteiger partial charge in [-0.2, -0.15) is 0 Å². The molecule has 0 N–H and O–H groups in total. The molecule has 0 amide bonds. The Morgan fingerprint density at radius 1 is 1.50 bits per heavy atom. The van der Waals surface area contributed by atoms with Gasteiger partial charge in [0.05, 0.1) is 0 Å². The summed E-state index contributed by atoms with van der Waals surface area (Å²) in [6.07, 6.45) is 2.11. The first-order valence-electron chi connectivity index (χ1n) is 3.15. The van der Waals surface area contributed by atoms with E-state index in [1.165, 1.54) is 18.7 Å². The van der Waals surface area contributed by atoms with Crippen LogP contribution >= 0.6 is 11.8 Å². The molecule has 2 nitrogen and oxygen atoms in total. The SMILES string of the molecule is CSC(=O)C(C)CC(C)=O. The molecule has 0 aliphatic carbocycles. The minimum atomic E-state index is -0.118. The van der Waals surface area contributed by atoms with Gasteiger partial charge in [0.2, 0.25) is 0 Å². The zero-order valence-electron chi connectivity index (χ0n) is 6.51. The molecule has 0 spiro atoms. The van der Waals surface area contributed by atoms with Crippen molar-refractivity contribution in [1.29, 1.82) is 0 Å². The lowest BCUT2D eigenvalue weighted by molar-refractivity contribution is -0.121. The summed E-state index contributed by atoms with van der Waals surface area (Å²) in [7, 11) is 0. The summed E-state index contributed by atoms with van der Waals surface area (Å²) in [5.41, 5.74) is 0. The summed E-state index contributed by atoms with van der Waals surface area (Å²) in [6.45, 7) is 3.28. The fourth-order valence-electron chi connectivity index (χ4n) is 0.716. The highest BCUT2D eigenvalue weighted by Gasteiger charge is 2.12. The van der Waals surface area contributed by atoms with Crippen molar-refractivity contribution in [2.75, 3.05) is 6.26 Å². The summed E-state index contributed by atoms with van der Waals surface area (Å²) in [5, 5.41) is 0.0928. The van der Waals surface area contributed by atoms with Crippen molar-refractivity contribution < 1.29 is 9.59 Å². The van der Waals surface area contributed by atoms with Gasteiger partial charge in [0.25, 0.3) is 0 Å². The maximum absolute atomic E-state index is 10.9. The van der Waals surface area contributed by atoms with Crippen LogP contribution in [-0.2, 0) is 9.59 Å². The van der Waals surface area contributed by atoms with Gasteiger partial charge >= 0.3 is 0 Å². The number of hydrogen-bond acceptors (Lipinski definition) is 3. The van der Waals surface area contributed by atoms with Crippen molar-refractivity contribution in [1.82, 2.24) is 0 Å². The molecule has 0 saturated heterocycles. The third-order valence-corrected chi connectivity index (χ3v) is 2.00. The highest BCUT2D eigenvalue weighted by molar-refractivity contribution is 8.13. The first kappa shape index (κ1) is 9.69. The molecule has 3 heteroatoms. The number of ketones is 1. The summed E-state index contributed by atoms with van der Waals surface area (Å²) in [6, 6.07) is 0. The number of carbonyl (C=O) groups excluding carboxylic acids is 2. The molecule has 0 radical (unpaired) electrons. The average molecular weight is 160 g/mol. The molecule has 1 unspecified atom stereocenters. The third-order valence-electron chi connectivity index (χ3n) is 1.20. The topological polar surface area (TPSA) is 34.1 Å². The van der Waals surface area contributed by atoms with Crippen LogP contribution in [0.5, 0.6) is 0 Å². The Labute approximate surface area is 65.4 Å². The van der Waals surface area contributed by atoms with Crippen molar-refractivity contribution in [3.05, 3.63) is 0 Å². The molecular formula is C7H12O2S. The van der Waals surface area contributed by atoms with E-state index in [-0.39, 0.29) is 16.8 Å². The van der Waals surface area contributed by atoms with Crippen molar-refractivity contribution in [3.8, 4) is 0 Å². The van der Waals surface area contributed by atoms with Crippen molar-refractivity contribution >= 4 is 22.7 Å². The predicted molar refractivity (Wildman–Crippen MR) is 43.0 cm³/mol. The van der Waals surface area contributed by atoms with Crippen LogP contribution in [0.2, 0.25) is 0 Å². The maximum atomic E-state index is 10.9. The Hall–Kier alpha value is -0.310. The van der Waals surface area contributed by atoms with Gasteiger partial charge in [0, 0.05) is 12.3 Å². The minimum Gasteiger partial charge on any atom is -0.300 e. The molecule has 0 bridgehead atoms. The normalized spacial score (nSPS) is 12.7. The molecule has 0 aromatic rings. The average Bonchev–Trinajstić information content (AvgIpc) is 1.85. The molecule has 1 atom stereocenters. The second-order valence-corrected chi connectivity index (χ2v) is 3.14. The Kier molecular flexibility index (Phi) is 4.36. The van der Waals surface area contributed by atoms with Crippen LogP contribution in [0, 0.1) is 5.92 Å². The largest absolute Gasteiger partial charge is 0.300 e. The highest BCUT2D eigenvalue weighted by atomic mass is 32.2. The maximum Gasteiger partial charge on any atom is 0.191 e. The number of carbonyl (C=O) groups is 2. The molecule has 10 heavy (non-hydrogen) atoms. The minimum absolute atomic E-state index is 0.0786. The molecule has 0 rings (SSSR count). The molecule has 58 valence electrons. The number of hydrogen-bond donors (Lipinski definition) is 0. The van der Waals surface area contributed by atoms with E-state index < -0.39 is 0 Å². The van der Waals surface area contributed by atoms with Crippen LogP contribution in [0.4, 0.5) is 0 Å². The molecule has 0 aliphatic heterocycles. The van der Waals surface area contributed by atoms with E-state index in [2.05, 4.69) is 0 Å². The van der Waals surface area contributed by atoms with Crippen LogP contribution in [0.1, 0.15) is 20.3 Å². The lowest BCUT2D eigenvalue weighted by atomic mass is 10.1. The van der Waals surface area contributed by atoms with Gasteiger partial charge in [-0.25, -0.2) is 0 Å². The Balaban J connectivity index is 3.72. The quantitative estimate of drug-likeness (QED) is 0.627. The molecule has 0 saturated carbocycles. The summed E-state index contributed by atoms with van der Waals surface area (Å²) < 4.78 is 0. The summed E-state index contributed by atoms with van der Waals surface area (Å²) >= 11 is 1.18. The molecule has 0 aromatic heterocycles. The zero-order valence-corrected chi connectivity index (χ0v) is 7.33. The molecule has 0 heterocycles. The van der Waals surface area contributed by atoms with Crippen molar-refractivity contribution in [2.45, 2.75) is 20.3 Å². The lowest BCUT2D eigenvalue weighted by Gasteiger charge is -2.03. The molecule has 0 aromatic carbocycles. The Bertz CT molecular complexity index is 143. The van der Waals surface area contributed by atoms with E-state index in [1.54, 1.807) is 13.2 Å². The zero-order chi connectivity index (χ0) is 8.15. The van der Waals surface area contributed by atoms with Crippen LogP contribution in [0.25, 0.3) is 0 Å². The van der Waals surface area contributed by atoms with Crippen LogP contribution in [0.3, 0.4) is 0 Å². The van der Waals surface area contributed by atoms with E-state index in [9.17, 15) is 9.59 Å². The van der Waals surface area contributed by atoms with E-state index in [0.29, 0.717) is 6.42 Å². The Morgan fingerprint density at radius 2 is 2.00 bits per heavy atom. The van der Waals surface area contributed by atoms with Gasteiger partial charge in [-0.1, -0.05) is 18.7 Å². The summed E-state index contributed by atoms with van der Waals surface area (Å²) in [4.78, 5) is 21.4. The number of thioether (sulfide) groups is 1. The van der Waals surface area contributed by atoms with Gasteiger partial charge in [0.15, 0.2) is 5.12 Å². The fourth-order valence-corrected chi connectivity index (χ4v) is 1.20. The molecule has 0 aliphatic rings. The van der Waals surface area contributed by atoms with Gasteiger partial charge < -0.3 is 4.79 Å². The van der Waals surface area contributed by atoms with Crippen LogP contribution < -0.4 is 0 Å². The van der Waals surface area contributed by atoms with Gasteiger partial charge in [-0.05, 0) is 13.2 Å². The van der Waals surface area contributed by atoms with E-state index in [0.717, 1.165) is 0 Å². The highest BCUT2D eigenvalue weighted by Crippen LogP contribution is 2.11. The van der Waals surface area contributed by atoms with Crippen molar-refractivity contribution in [3.63, 3.8) is 0 Å².